The molecule has 0 aliphatic carbocycles. The number of nitrogens with zero attached hydrogens (tertiary/aromatic N) is 4. The minimum absolute atomic E-state index is 0.206. The number of rotatable bonds is 5. The van der Waals surface area contributed by atoms with Gasteiger partial charge in [0.25, 0.3) is 0 Å². The van der Waals surface area contributed by atoms with Crippen molar-refractivity contribution < 1.29 is 5.11 Å². The molecular weight excluding hydrogens is 361 g/mol. The van der Waals surface area contributed by atoms with E-state index in [1.165, 1.54) is 0 Å². The molecule has 0 radical (unpaired) electrons. The third-order valence-electron chi connectivity index (χ3n) is 3.69. The van der Waals surface area contributed by atoms with Gasteiger partial charge in [-0.2, -0.15) is 5.10 Å². The first-order valence-electron chi connectivity index (χ1n) is 7.69. The molecule has 2 aromatic heterocycles. The summed E-state index contributed by atoms with van der Waals surface area (Å²) in [6.07, 6.45) is -0.862. The van der Waals surface area contributed by atoms with Crippen LogP contribution in [0.4, 0.5) is 5.82 Å². The first-order valence-corrected chi connectivity index (χ1v) is 8.44. The van der Waals surface area contributed by atoms with Crippen LogP contribution in [0.1, 0.15) is 23.1 Å². The lowest BCUT2D eigenvalue weighted by Crippen LogP contribution is -2.14. The normalized spacial score (nSPS) is 12.2. The average Bonchev–Trinajstić information content (AvgIpc) is 2.91. The quantitative estimate of drug-likeness (QED) is 0.708. The van der Waals surface area contributed by atoms with Crippen LogP contribution in [0.5, 0.6) is 0 Å². The topological polar surface area (TPSA) is 75.9 Å². The molecule has 3 rings (SSSR count). The minimum atomic E-state index is -0.862. The molecule has 0 amide bonds. The Bertz CT molecular complexity index is 859. The molecule has 0 aliphatic rings. The predicted molar refractivity (Wildman–Crippen MR) is 98.5 cm³/mol. The molecule has 6 nitrogen and oxygen atoms in total. The molecule has 0 saturated carbocycles. The molecule has 1 aromatic carbocycles. The Morgan fingerprint density at radius 3 is 2.40 bits per heavy atom. The van der Waals surface area contributed by atoms with Crippen LogP contribution in [0.25, 0.3) is 5.82 Å². The Morgan fingerprint density at radius 2 is 1.84 bits per heavy atom. The number of benzene rings is 1. The van der Waals surface area contributed by atoms with Gasteiger partial charge in [0.05, 0.1) is 11.8 Å². The molecule has 0 bridgehead atoms. The average molecular weight is 378 g/mol. The lowest BCUT2D eigenvalue weighted by molar-refractivity contribution is 0.191. The highest BCUT2D eigenvalue weighted by atomic mass is 35.5. The Labute approximate surface area is 155 Å². The Kier molecular flexibility index (Phi) is 5.22. The van der Waals surface area contributed by atoms with Gasteiger partial charge < -0.3 is 10.4 Å². The second-order valence-electron chi connectivity index (χ2n) is 5.65. The van der Waals surface area contributed by atoms with Gasteiger partial charge in [0.1, 0.15) is 5.82 Å². The monoisotopic (exact) mass is 377 g/mol. The highest BCUT2D eigenvalue weighted by Crippen LogP contribution is 2.30. The Morgan fingerprint density at radius 1 is 1.12 bits per heavy atom. The van der Waals surface area contributed by atoms with E-state index in [4.69, 9.17) is 23.2 Å². The summed E-state index contributed by atoms with van der Waals surface area (Å²) in [6, 6.07) is 10.7. The molecule has 1 atom stereocenters. The van der Waals surface area contributed by atoms with E-state index in [9.17, 15) is 5.11 Å². The molecule has 8 heteroatoms. The molecule has 1 unspecified atom stereocenters. The van der Waals surface area contributed by atoms with Gasteiger partial charge in [-0.15, -0.1) is 10.2 Å². The molecule has 130 valence electrons. The zero-order chi connectivity index (χ0) is 18.0. The molecule has 25 heavy (non-hydrogen) atoms. The molecular formula is C17H17Cl2N5O. The van der Waals surface area contributed by atoms with Gasteiger partial charge in [-0.25, -0.2) is 4.68 Å². The van der Waals surface area contributed by atoms with E-state index in [1.807, 2.05) is 26.0 Å². The Balaban J connectivity index is 1.69. The largest absolute Gasteiger partial charge is 0.386 e. The smallest absolute Gasteiger partial charge is 0.176 e. The maximum absolute atomic E-state index is 10.3. The summed E-state index contributed by atoms with van der Waals surface area (Å²) < 4.78 is 1.73. The molecule has 3 aromatic rings. The SMILES string of the molecule is Cc1cc(C)n(-c2ccc(NCC(O)c3c(Cl)cccc3Cl)nn2)n1. The molecule has 0 aliphatic heterocycles. The fraction of sp³-hybridized carbons (Fsp3) is 0.235. The van der Waals surface area contributed by atoms with Gasteiger partial charge in [0.15, 0.2) is 5.82 Å². The van der Waals surface area contributed by atoms with Crippen molar-refractivity contribution in [3.8, 4) is 5.82 Å². The molecule has 0 spiro atoms. The van der Waals surface area contributed by atoms with Gasteiger partial charge in [-0.1, -0.05) is 29.3 Å². The Hall–Kier alpha value is -2.15. The van der Waals surface area contributed by atoms with E-state index >= 15 is 0 Å². The van der Waals surface area contributed by atoms with E-state index in [0.717, 1.165) is 11.4 Å². The van der Waals surface area contributed by atoms with Crippen LogP contribution in [0, 0.1) is 13.8 Å². The van der Waals surface area contributed by atoms with Crippen molar-refractivity contribution in [2.75, 3.05) is 11.9 Å². The summed E-state index contributed by atoms with van der Waals surface area (Å²) in [5.74, 6) is 1.17. The molecule has 0 fully saturated rings. The van der Waals surface area contributed by atoms with Crippen LogP contribution in [-0.2, 0) is 0 Å². The lowest BCUT2D eigenvalue weighted by Gasteiger charge is -2.15. The van der Waals surface area contributed by atoms with Crippen LogP contribution in [0.2, 0.25) is 10.0 Å². The van der Waals surface area contributed by atoms with E-state index in [2.05, 4.69) is 20.6 Å². The second-order valence-corrected chi connectivity index (χ2v) is 6.46. The number of halogens is 2. The number of hydrogen-bond acceptors (Lipinski definition) is 5. The predicted octanol–water partition coefficient (Wildman–Crippen LogP) is 3.73. The van der Waals surface area contributed by atoms with Crippen molar-refractivity contribution in [2.24, 2.45) is 0 Å². The van der Waals surface area contributed by atoms with E-state index < -0.39 is 6.10 Å². The standard InChI is InChI=1S/C17H17Cl2N5O/c1-10-8-11(2)24(23-10)16-7-6-15(21-22-16)20-9-14(25)17-12(18)4-3-5-13(17)19/h3-8,14,25H,9H2,1-2H3,(H,20,21). The first-order chi connectivity index (χ1) is 12.0. The number of aliphatic hydroxyl groups excluding tert-OH is 1. The fourth-order valence-electron chi connectivity index (χ4n) is 2.53. The van der Waals surface area contributed by atoms with Gasteiger partial charge in [0.2, 0.25) is 0 Å². The third kappa shape index (κ3) is 3.92. The van der Waals surface area contributed by atoms with Crippen molar-refractivity contribution >= 4 is 29.0 Å². The zero-order valence-corrected chi connectivity index (χ0v) is 15.3. The highest BCUT2D eigenvalue weighted by molar-refractivity contribution is 6.36. The van der Waals surface area contributed by atoms with Crippen LogP contribution in [-0.4, -0.2) is 31.6 Å². The second kappa shape index (κ2) is 7.39. The zero-order valence-electron chi connectivity index (χ0n) is 13.7. The van der Waals surface area contributed by atoms with Crippen molar-refractivity contribution in [1.82, 2.24) is 20.0 Å². The molecule has 2 N–H and O–H groups in total. The van der Waals surface area contributed by atoms with Crippen molar-refractivity contribution in [1.29, 1.82) is 0 Å². The maximum atomic E-state index is 10.3. The molecule has 2 heterocycles. The third-order valence-corrected chi connectivity index (χ3v) is 4.35. The highest BCUT2D eigenvalue weighted by Gasteiger charge is 2.15. The van der Waals surface area contributed by atoms with Gasteiger partial charge in [-0.05, 0) is 44.2 Å². The van der Waals surface area contributed by atoms with Gasteiger partial charge in [0, 0.05) is 27.8 Å². The molecule has 0 saturated heterocycles. The van der Waals surface area contributed by atoms with Crippen molar-refractivity contribution in [2.45, 2.75) is 20.0 Å². The van der Waals surface area contributed by atoms with Crippen molar-refractivity contribution in [3.05, 3.63) is 63.4 Å². The first kappa shape index (κ1) is 17.7. The summed E-state index contributed by atoms with van der Waals surface area (Å²) in [7, 11) is 0. The summed E-state index contributed by atoms with van der Waals surface area (Å²) in [5, 5.41) is 26.8. The van der Waals surface area contributed by atoms with Crippen LogP contribution in [0.15, 0.2) is 36.4 Å². The van der Waals surface area contributed by atoms with Gasteiger partial charge >= 0.3 is 0 Å². The van der Waals surface area contributed by atoms with Gasteiger partial charge in [-0.3, -0.25) is 0 Å². The number of aryl methyl sites for hydroxylation is 2. The van der Waals surface area contributed by atoms with E-state index in [0.29, 0.717) is 27.2 Å². The van der Waals surface area contributed by atoms with Crippen LogP contribution < -0.4 is 5.32 Å². The minimum Gasteiger partial charge on any atom is -0.386 e. The summed E-state index contributed by atoms with van der Waals surface area (Å²) >= 11 is 12.2. The number of aromatic nitrogens is 4. The summed E-state index contributed by atoms with van der Waals surface area (Å²) in [4.78, 5) is 0. The van der Waals surface area contributed by atoms with E-state index in [1.54, 1.807) is 28.9 Å². The van der Waals surface area contributed by atoms with E-state index in [-0.39, 0.29) is 6.54 Å². The number of nitrogens with one attached hydrogen (secondary N) is 1. The fourth-order valence-corrected chi connectivity index (χ4v) is 3.17. The summed E-state index contributed by atoms with van der Waals surface area (Å²) in [5.41, 5.74) is 2.39. The summed E-state index contributed by atoms with van der Waals surface area (Å²) in [6.45, 7) is 4.09. The number of anilines is 1. The van der Waals surface area contributed by atoms with Crippen molar-refractivity contribution in [3.63, 3.8) is 0 Å². The number of hydrogen-bond donors (Lipinski definition) is 2. The number of aliphatic hydroxyl groups is 1. The lowest BCUT2D eigenvalue weighted by atomic mass is 10.1. The maximum Gasteiger partial charge on any atom is 0.176 e. The van der Waals surface area contributed by atoms with Crippen LogP contribution in [0.3, 0.4) is 0 Å². The van der Waals surface area contributed by atoms with Crippen LogP contribution >= 0.6 is 23.2 Å².